The van der Waals surface area contributed by atoms with Gasteiger partial charge in [-0.15, -0.1) is 0 Å². The van der Waals surface area contributed by atoms with Gasteiger partial charge in [-0.05, 0) is 36.1 Å². The fourth-order valence-corrected chi connectivity index (χ4v) is 1.58. The van der Waals surface area contributed by atoms with Gasteiger partial charge in [0, 0.05) is 25.8 Å². The number of nitrogens with one attached hydrogen (secondary N) is 1. The minimum atomic E-state index is -0.116. The van der Waals surface area contributed by atoms with E-state index in [0.29, 0.717) is 24.3 Å². The van der Waals surface area contributed by atoms with E-state index in [1.165, 1.54) is 0 Å². The second-order valence-electron chi connectivity index (χ2n) is 5.28. The normalized spacial score (nSPS) is 10.8. The molecular weight excluding hydrogens is 240 g/mol. The molecule has 1 amide bonds. The molecule has 19 heavy (non-hydrogen) atoms. The van der Waals surface area contributed by atoms with Crippen molar-refractivity contribution in [2.24, 2.45) is 5.41 Å². The van der Waals surface area contributed by atoms with Gasteiger partial charge in [-0.3, -0.25) is 4.79 Å². The first-order valence-corrected chi connectivity index (χ1v) is 6.26. The zero-order chi connectivity index (χ0) is 14.3. The molecule has 0 aliphatic carbocycles. The van der Waals surface area contributed by atoms with Crippen LogP contribution in [-0.2, 0) is 4.74 Å². The summed E-state index contributed by atoms with van der Waals surface area (Å²) in [6, 6.07) is 8.64. The first kappa shape index (κ1) is 15.2. The predicted molar refractivity (Wildman–Crippen MR) is 73.8 cm³/mol. The molecule has 0 spiro atoms. The number of carbonyl (C=O) groups excluding carboxylic acids is 1. The van der Waals surface area contributed by atoms with E-state index in [1.54, 1.807) is 31.4 Å². The molecule has 0 aliphatic heterocycles. The van der Waals surface area contributed by atoms with E-state index in [9.17, 15) is 4.79 Å². The summed E-state index contributed by atoms with van der Waals surface area (Å²) in [5.74, 6) is -0.116. The van der Waals surface area contributed by atoms with Crippen molar-refractivity contribution in [1.82, 2.24) is 5.32 Å². The molecule has 1 aromatic rings. The third-order valence-electron chi connectivity index (χ3n) is 2.99. The summed E-state index contributed by atoms with van der Waals surface area (Å²) in [6.45, 7) is 5.45. The van der Waals surface area contributed by atoms with Gasteiger partial charge in [0.15, 0.2) is 0 Å². The molecule has 0 saturated carbocycles. The van der Waals surface area contributed by atoms with Crippen LogP contribution < -0.4 is 5.32 Å². The Labute approximate surface area is 114 Å². The summed E-state index contributed by atoms with van der Waals surface area (Å²) >= 11 is 0. The predicted octanol–water partition coefficient (Wildman–Crippen LogP) is 2.35. The minimum absolute atomic E-state index is 0.00172. The van der Waals surface area contributed by atoms with E-state index in [-0.39, 0.29) is 11.3 Å². The van der Waals surface area contributed by atoms with Crippen LogP contribution >= 0.6 is 0 Å². The summed E-state index contributed by atoms with van der Waals surface area (Å²) in [6.07, 6.45) is 0.886. The second kappa shape index (κ2) is 6.91. The highest BCUT2D eigenvalue weighted by atomic mass is 16.5. The Morgan fingerprint density at radius 3 is 2.53 bits per heavy atom. The number of nitriles is 1. The number of carbonyl (C=O) groups is 1. The number of nitrogens with zero attached hydrogens (tertiary/aromatic N) is 1. The van der Waals surface area contributed by atoms with E-state index < -0.39 is 0 Å². The number of hydrogen-bond donors (Lipinski definition) is 1. The Morgan fingerprint density at radius 1 is 1.37 bits per heavy atom. The van der Waals surface area contributed by atoms with E-state index >= 15 is 0 Å². The summed E-state index contributed by atoms with van der Waals surface area (Å²) in [4.78, 5) is 11.9. The van der Waals surface area contributed by atoms with Gasteiger partial charge in [0.05, 0.1) is 11.6 Å². The molecule has 1 rings (SSSR count). The van der Waals surface area contributed by atoms with Gasteiger partial charge in [0.1, 0.15) is 0 Å². The number of amides is 1. The van der Waals surface area contributed by atoms with Crippen LogP contribution in [0.25, 0.3) is 0 Å². The number of benzene rings is 1. The molecule has 0 bridgehead atoms. The SMILES string of the molecule is COCCC(C)(C)CNC(=O)c1ccc(C#N)cc1. The van der Waals surface area contributed by atoms with Crippen molar-refractivity contribution in [1.29, 1.82) is 5.26 Å². The Balaban J connectivity index is 2.53. The lowest BCUT2D eigenvalue weighted by molar-refractivity contribution is 0.0921. The highest BCUT2D eigenvalue weighted by Gasteiger charge is 2.18. The zero-order valence-corrected chi connectivity index (χ0v) is 11.7. The van der Waals surface area contributed by atoms with Gasteiger partial charge < -0.3 is 10.1 Å². The Kier molecular flexibility index (Phi) is 5.53. The number of ether oxygens (including phenoxy) is 1. The lowest BCUT2D eigenvalue weighted by Crippen LogP contribution is -2.34. The maximum absolute atomic E-state index is 11.9. The molecule has 0 radical (unpaired) electrons. The van der Waals surface area contributed by atoms with Crippen molar-refractivity contribution in [2.75, 3.05) is 20.3 Å². The third kappa shape index (κ3) is 5.11. The van der Waals surface area contributed by atoms with Crippen LogP contribution in [0, 0.1) is 16.7 Å². The van der Waals surface area contributed by atoms with E-state index in [4.69, 9.17) is 10.00 Å². The van der Waals surface area contributed by atoms with Crippen molar-refractivity contribution in [3.8, 4) is 6.07 Å². The molecule has 0 heterocycles. The summed E-state index contributed by atoms with van der Waals surface area (Å²) in [7, 11) is 1.67. The lowest BCUT2D eigenvalue weighted by Gasteiger charge is -2.24. The number of rotatable bonds is 6. The van der Waals surface area contributed by atoms with Crippen LogP contribution in [-0.4, -0.2) is 26.2 Å². The molecule has 0 atom stereocenters. The zero-order valence-electron chi connectivity index (χ0n) is 11.7. The second-order valence-corrected chi connectivity index (χ2v) is 5.28. The number of methoxy groups -OCH3 is 1. The topological polar surface area (TPSA) is 62.1 Å². The average Bonchev–Trinajstić information content (AvgIpc) is 2.43. The summed E-state index contributed by atoms with van der Waals surface area (Å²) < 4.78 is 5.05. The van der Waals surface area contributed by atoms with Crippen molar-refractivity contribution in [3.05, 3.63) is 35.4 Å². The van der Waals surface area contributed by atoms with Gasteiger partial charge >= 0.3 is 0 Å². The maximum Gasteiger partial charge on any atom is 0.251 e. The molecule has 4 nitrogen and oxygen atoms in total. The molecule has 0 saturated heterocycles. The van der Waals surface area contributed by atoms with Gasteiger partial charge in [-0.25, -0.2) is 0 Å². The highest BCUT2D eigenvalue weighted by Crippen LogP contribution is 2.18. The van der Waals surface area contributed by atoms with Crippen LogP contribution in [0.15, 0.2) is 24.3 Å². The number of hydrogen-bond acceptors (Lipinski definition) is 3. The van der Waals surface area contributed by atoms with Crippen molar-refractivity contribution in [2.45, 2.75) is 20.3 Å². The highest BCUT2D eigenvalue weighted by molar-refractivity contribution is 5.94. The lowest BCUT2D eigenvalue weighted by atomic mass is 9.89. The van der Waals surface area contributed by atoms with Gasteiger partial charge in [-0.2, -0.15) is 5.26 Å². The molecule has 102 valence electrons. The fraction of sp³-hybridized carbons (Fsp3) is 0.467. The molecule has 0 aliphatic rings. The van der Waals surface area contributed by atoms with Crippen LogP contribution in [0.1, 0.15) is 36.2 Å². The van der Waals surface area contributed by atoms with E-state index in [0.717, 1.165) is 6.42 Å². The van der Waals surface area contributed by atoms with Crippen LogP contribution in [0.2, 0.25) is 0 Å². The van der Waals surface area contributed by atoms with Crippen LogP contribution in [0.4, 0.5) is 0 Å². The molecule has 0 fully saturated rings. The summed E-state index contributed by atoms with van der Waals surface area (Å²) in [5, 5.41) is 11.6. The molecular formula is C15H20N2O2. The standard InChI is InChI=1S/C15H20N2O2/c1-15(2,8-9-19-3)11-17-14(18)13-6-4-12(10-16)5-7-13/h4-7H,8-9,11H2,1-3H3,(H,17,18). The smallest absolute Gasteiger partial charge is 0.251 e. The Morgan fingerprint density at radius 2 is 2.00 bits per heavy atom. The fourth-order valence-electron chi connectivity index (χ4n) is 1.58. The van der Waals surface area contributed by atoms with Crippen LogP contribution in [0.5, 0.6) is 0 Å². The van der Waals surface area contributed by atoms with Crippen molar-refractivity contribution in [3.63, 3.8) is 0 Å². The van der Waals surface area contributed by atoms with Gasteiger partial charge in [0.25, 0.3) is 5.91 Å². The van der Waals surface area contributed by atoms with Crippen LogP contribution in [0.3, 0.4) is 0 Å². The molecule has 1 N–H and O–H groups in total. The Hall–Kier alpha value is -1.86. The average molecular weight is 260 g/mol. The first-order chi connectivity index (χ1) is 8.98. The quantitative estimate of drug-likeness (QED) is 0.854. The van der Waals surface area contributed by atoms with Crippen molar-refractivity contribution >= 4 is 5.91 Å². The van der Waals surface area contributed by atoms with E-state index in [1.807, 2.05) is 6.07 Å². The molecule has 1 aromatic carbocycles. The molecule has 0 aromatic heterocycles. The summed E-state index contributed by atoms with van der Waals surface area (Å²) in [5.41, 5.74) is 1.12. The molecule has 4 heteroatoms. The first-order valence-electron chi connectivity index (χ1n) is 6.26. The van der Waals surface area contributed by atoms with Crippen molar-refractivity contribution < 1.29 is 9.53 Å². The third-order valence-corrected chi connectivity index (χ3v) is 2.99. The van der Waals surface area contributed by atoms with E-state index in [2.05, 4.69) is 19.2 Å². The maximum atomic E-state index is 11.9. The van der Waals surface area contributed by atoms with Gasteiger partial charge in [0.2, 0.25) is 0 Å². The minimum Gasteiger partial charge on any atom is -0.385 e. The molecule has 0 unspecified atom stereocenters. The van der Waals surface area contributed by atoms with Gasteiger partial charge in [-0.1, -0.05) is 13.8 Å². The largest absolute Gasteiger partial charge is 0.385 e. The Bertz CT molecular complexity index is 458. The monoisotopic (exact) mass is 260 g/mol.